The van der Waals surface area contributed by atoms with Gasteiger partial charge in [-0.2, -0.15) is 0 Å². The van der Waals surface area contributed by atoms with Crippen molar-refractivity contribution < 1.29 is 0 Å². The highest BCUT2D eigenvalue weighted by Gasteiger charge is 2.22. The molecule has 23 heavy (non-hydrogen) atoms. The Kier molecular flexibility index (Phi) is 3.53. The van der Waals surface area contributed by atoms with Gasteiger partial charge in [-0.3, -0.25) is 0 Å². The molecule has 0 unspecified atom stereocenters. The Morgan fingerprint density at radius 2 is 1.96 bits per heavy atom. The fourth-order valence-electron chi connectivity index (χ4n) is 3.09. The first-order valence-corrected chi connectivity index (χ1v) is 7.88. The van der Waals surface area contributed by atoms with Crippen LogP contribution in [-0.4, -0.2) is 44.1 Å². The molecule has 4 heterocycles. The van der Waals surface area contributed by atoms with Crippen molar-refractivity contribution in [3.63, 3.8) is 0 Å². The molecule has 118 valence electrons. The normalized spacial score (nSPS) is 16.0. The Morgan fingerprint density at radius 1 is 1.13 bits per heavy atom. The van der Waals surface area contributed by atoms with E-state index < -0.39 is 0 Å². The van der Waals surface area contributed by atoms with Crippen LogP contribution in [0.5, 0.6) is 0 Å². The summed E-state index contributed by atoms with van der Waals surface area (Å²) in [6.07, 6.45) is 7.25. The van der Waals surface area contributed by atoms with E-state index in [4.69, 9.17) is 0 Å². The van der Waals surface area contributed by atoms with Gasteiger partial charge in [0.15, 0.2) is 0 Å². The molecule has 1 aliphatic heterocycles. The average Bonchev–Trinajstić information content (AvgIpc) is 3.04. The van der Waals surface area contributed by atoms with Crippen LogP contribution in [-0.2, 0) is 0 Å². The Balaban J connectivity index is 1.44. The molecule has 1 fully saturated rings. The predicted octanol–water partition coefficient (Wildman–Crippen LogP) is 2.14. The van der Waals surface area contributed by atoms with Gasteiger partial charge in [-0.1, -0.05) is 0 Å². The van der Waals surface area contributed by atoms with E-state index in [9.17, 15) is 0 Å². The summed E-state index contributed by atoms with van der Waals surface area (Å²) < 4.78 is 0. The number of anilines is 2. The number of rotatable bonds is 3. The zero-order valence-corrected chi connectivity index (χ0v) is 13.0. The molecule has 0 atom stereocenters. The number of fused-ring (bicyclic) bond motifs is 1. The lowest BCUT2D eigenvalue weighted by atomic mass is 10.0. The van der Waals surface area contributed by atoms with Crippen LogP contribution in [0.4, 0.5) is 11.6 Å². The highest BCUT2D eigenvalue weighted by atomic mass is 15.2. The first kappa shape index (κ1) is 13.9. The van der Waals surface area contributed by atoms with Crippen LogP contribution in [0.3, 0.4) is 0 Å². The van der Waals surface area contributed by atoms with E-state index >= 15 is 0 Å². The number of hydrogen-bond donors (Lipinski definition) is 2. The lowest BCUT2D eigenvalue weighted by Crippen LogP contribution is -2.39. The first-order valence-electron chi connectivity index (χ1n) is 7.88. The molecule has 3 aromatic rings. The van der Waals surface area contributed by atoms with Crippen LogP contribution < -0.4 is 10.2 Å². The molecule has 7 heteroatoms. The lowest BCUT2D eigenvalue weighted by Gasteiger charge is -2.33. The Morgan fingerprint density at radius 3 is 2.78 bits per heavy atom. The van der Waals surface area contributed by atoms with E-state index in [0.717, 1.165) is 54.3 Å². The fraction of sp³-hybridized carbons (Fsp3) is 0.375. The van der Waals surface area contributed by atoms with E-state index in [1.807, 2.05) is 25.3 Å². The Hall–Kier alpha value is -2.70. The maximum absolute atomic E-state index is 4.48. The third-order valence-electron chi connectivity index (χ3n) is 4.28. The minimum absolute atomic E-state index is 0.434. The van der Waals surface area contributed by atoms with Crippen molar-refractivity contribution in [2.75, 3.05) is 23.3 Å². The molecule has 0 saturated carbocycles. The summed E-state index contributed by atoms with van der Waals surface area (Å²) in [5, 5.41) is 4.60. The summed E-state index contributed by atoms with van der Waals surface area (Å²) >= 11 is 0. The topological polar surface area (TPSA) is 82.6 Å². The standard InChI is InChI=1S/C16H19N7/c1-11-8-14(19-9-18-11)22-12-3-6-23(7-4-12)16-13-2-5-17-15(13)20-10-21-16/h2,5,8-10,12H,3-4,6-7H2,1H3,(H,17,20,21)(H,18,19,22). The number of aromatic amines is 1. The van der Waals surface area contributed by atoms with Gasteiger partial charge in [0.2, 0.25) is 0 Å². The van der Waals surface area contributed by atoms with Gasteiger partial charge in [0, 0.05) is 37.1 Å². The molecule has 4 rings (SSSR count). The van der Waals surface area contributed by atoms with Gasteiger partial charge >= 0.3 is 0 Å². The van der Waals surface area contributed by atoms with Gasteiger partial charge in [0.05, 0.1) is 5.39 Å². The van der Waals surface area contributed by atoms with Gasteiger partial charge in [-0.05, 0) is 25.8 Å². The minimum atomic E-state index is 0.434. The molecule has 0 spiro atoms. The smallest absolute Gasteiger partial charge is 0.142 e. The highest BCUT2D eigenvalue weighted by Crippen LogP contribution is 2.25. The molecule has 3 aromatic heterocycles. The van der Waals surface area contributed by atoms with Crippen LogP contribution in [0.25, 0.3) is 11.0 Å². The lowest BCUT2D eigenvalue weighted by molar-refractivity contribution is 0.523. The van der Waals surface area contributed by atoms with Crippen LogP contribution in [0, 0.1) is 6.92 Å². The van der Waals surface area contributed by atoms with Gasteiger partial charge < -0.3 is 15.2 Å². The third-order valence-corrected chi connectivity index (χ3v) is 4.28. The monoisotopic (exact) mass is 309 g/mol. The molecular weight excluding hydrogens is 290 g/mol. The van der Waals surface area contributed by atoms with Crippen LogP contribution in [0.2, 0.25) is 0 Å². The van der Waals surface area contributed by atoms with Crippen molar-refractivity contribution >= 4 is 22.7 Å². The molecule has 0 bridgehead atoms. The number of piperidine rings is 1. The second-order valence-corrected chi connectivity index (χ2v) is 5.89. The van der Waals surface area contributed by atoms with E-state index in [1.165, 1.54) is 0 Å². The van der Waals surface area contributed by atoms with E-state index in [1.54, 1.807) is 12.7 Å². The van der Waals surface area contributed by atoms with E-state index in [2.05, 4.69) is 35.1 Å². The van der Waals surface area contributed by atoms with Crippen molar-refractivity contribution in [2.45, 2.75) is 25.8 Å². The Labute approximate surface area is 134 Å². The predicted molar refractivity (Wildman–Crippen MR) is 89.5 cm³/mol. The number of hydrogen-bond acceptors (Lipinski definition) is 6. The van der Waals surface area contributed by atoms with Crippen LogP contribution >= 0.6 is 0 Å². The maximum Gasteiger partial charge on any atom is 0.142 e. The van der Waals surface area contributed by atoms with Crippen molar-refractivity contribution in [2.24, 2.45) is 0 Å². The van der Waals surface area contributed by atoms with Crippen molar-refractivity contribution in [3.8, 4) is 0 Å². The second-order valence-electron chi connectivity index (χ2n) is 5.89. The molecular formula is C16H19N7. The summed E-state index contributed by atoms with van der Waals surface area (Å²) in [6.45, 7) is 3.92. The number of aryl methyl sites for hydroxylation is 1. The molecule has 0 amide bonds. The van der Waals surface area contributed by atoms with Crippen molar-refractivity contribution in [1.29, 1.82) is 0 Å². The zero-order valence-electron chi connectivity index (χ0n) is 13.0. The van der Waals surface area contributed by atoms with Gasteiger partial charge in [-0.15, -0.1) is 0 Å². The number of H-pyrrole nitrogens is 1. The molecule has 1 aliphatic rings. The second kappa shape index (κ2) is 5.83. The molecule has 0 aliphatic carbocycles. The molecule has 7 nitrogen and oxygen atoms in total. The minimum Gasteiger partial charge on any atom is -0.367 e. The summed E-state index contributed by atoms with van der Waals surface area (Å²) in [6, 6.07) is 4.46. The molecule has 1 saturated heterocycles. The fourth-order valence-corrected chi connectivity index (χ4v) is 3.09. The highest BCUT2D eigenvalue weighted by molar-refractivity contribution is 5.87. The van der Waals surface area contributed by atoms with Crippen LogP contribution in [0.1, 0.15) is 18.5 Å². The largest absolute Gasteiger partial charge is 0.367 e. The zero-order chi connectivity index (χ0) is 15.6. The summed E-state index contributed by atoms with van der Waals surface area (Å²) in [4.78, 5) is 22.6. The quantitative estimate of drug-likeness (QED) is 0.771. The molecule has 0 radical (unpaired) electrons. The van der Waals surface area contributed by atoms with Crippen LogP contribution in [0.15, 0.2) is 31.0 Å². The Bertz CT molecular complexity index is 805. The van der Waals surface area contributed by atoms with E-state index in [-0.39, 0.29) is 0 Å². The summed E-state index contributed by atoms with van der Waals surface area (Å²) in [5.41, 5.74) is 1.88. The van der Waals surface area contributed by atoms with Gasteiger partial charge in [-0.25, -0.2) is 19.9 Å². The van der Waals surface area contributed by atoms with Crippen molar-refractivity contribution in [1.82, 2.24) is 24.9 Å². The third kappa shape index (κ3) is 2.81. The number of aromatic nitrogens is 5. The molecule has 2 N–H and O–H groups in total. The van der Waals surface area contributed by atoms with Gasteiger partial charge in [0.25, 0.3) is 0 Å². The first-order chi connectivity index (χ1) is 11.3. The van der Waals surface area contributed by atoms with Crippen molar-refractivity contribution in [3.05, 3.63) is 36.7 Å². The van der Waals surface area contributed by atoms with E-state index in [0.29, 0.717) is 6.04 Å². The summed E-state index contributed by atoms with van der Waals surface area (Å²) in [5.74, 6) is 1.93. The summed E-state index contributed by atoms with van der Waals surface area (Å²) in [7, 11) is 0. The number of nitrogens with zero attached hydrogens (tertiary/aromatic N) is 5. The number of nitrogens with one attached hydrogen (secondary N) is 2. The maximum atomic E-state index is 4.48. The molecule has 0 aromatic carbocycles. The SMILES string of the molecule is Cc1cc(NC2CCN(c3ncnc4[nH]ccc34)CC2)ncn1. The average molecular weight is 309 g/mol. The van der Waals surface area contributed by atoms with Gasteiger partial charge in [0.1, 0.15) is 29.9 Å².